The maximum atomic E-state index is 11.8. The zero-order chi connectivity index (χ0) is 14.6. The van der Waals surface area contributed by atoms with Crippen molar-refractivity contribution in [2.45, 2.75) is 32.4 Å². The van der Waals surface area contributed by atoms with Crippen LogP contribution in [0.4, 0.5) is 13.2 Å². The number of halogens is 3. The first-order valence-corrected chi connectivity index (χ1v) is 5.95. The van der Waals surface area contributed by atoms with E-state index in [1.165, 1.54) is 0 Å². The summed E-state index contributed by atoms with van der Waals surface area (Å²) in [5.74, 6) is -3.51. The number of amides is 1. The van der Waals surface area contributed by atoms with Crippen LogP contribution < -0.4 is 5.48 Å². The van der Waals surface area contributed by atoms with Gasteiger partial charge in [-0.3, -0.25) is 14.4 Å². The first-order chi connectivity index (χ1) is 8.74. The number of hydrogen-bond donors (Lipinski definition) is 2. The Morgan fingerprint density at radius 2 is 1.89 bits per heavy atom. The van der Waals surface area contributed by atoms with Crippen LogP contribution in [-0.2, 0) is 14.4 Å². The molecular formula is C11H16F3NO4. The number of carbonyl (C=O) groups is 2. The molecular weight excluding hydrogens is 267 g/mol. The molecule has 3 atom stereocenters. The van der Waals surface area contributed by atoms with Gasteiger partial charge >= 0.3 is 12.1 Å². The molecule has 1 aliphatic carbocycles. The Bertz CT molecular complexity index is 345. The van der Waals surface area contributed by atoms with E-state index in [4.69, 9.17) is 5.11 Å². The highest BCUT2D eigenvalue weighted by Gasteiger charge is 2.42. The van der Waals surface area contributed by atoms with E-state index in [0.717, 1.165) is 6.42 Å². The van der Waals surface area contributed by atoms with Gasteiger partial charge in [-0.25, -0.2) is 5.48 Å². The highest BCUT2D eigenvalue weighted by atomic mass is 19.4. The maximum absolute atomic E-state index is 11.8. The molecule has 5 nitrogen and oxygen atoms in total. The highest BCUT2D eigenvalue weighted by Crippen LogP contribution is 2.38. The van der Waals surface area contributed by atoms with Gasteiger partial charge in [-0.05, 0) is 18.8 Å². The zero-order valence-corrected chi connectivity index (χ0v) is 10.4. The summed E-state index contributed by atoms with van der Waals surface area (Å²) in [6.45, 7) is 0.282. The van der Waals surface area contributed by atoms with Crippen molar-refractivity contribution in [1.82, 2.24) is 5.48 Å². The van der Waals surface area contributed by atoms with Crippen molar-refractivity contribution in [3.63, 3.8) is 0 Å². The van der Waals surface area contributed by atoms with E-state index in [1.807, 2.05) is 6.92 Å². The predicted octanol–water partition coefficient (Wildman–Crippen LogP) is 1.73. The maximum Gasteiger partial charge on any atom is 0.414 e. The molecule has 0 saturated heterocycles. The fourth-order valence-corrected chi connectivity index (χ4v) is 2.30. The van der Waals surface area contributed by atoms with Gasteiger partial charge in [-0.15, -0.1) is 0 Å². The Morgan fingerprint density at radius 1 is 1.32 bits per heavy atom. The number of carboxylic acid groups (broad SMARTS) is 1. The van der Waals surface area contributed by atoms with Gasteiger partial charge in [0, 0.05) is 0 Å². The SMILES string of the molecule is CCC1CC(C(=O)O)C(C(=O)NOCC(F)(F)F)C1. The van der Waals surface area contributed by atoms with Gasteiger partial charge in [0.15, 0.2) is 6.61 Å². The molecule has 8 heteroatoms. The largest absolute Gasteiger partial charge is 0.481 e. The number of carboxylic acids is 1. The number of rotatable bonds is 5. The van der Waals surface area contributed by atoms with E-state index >= 15 is 0 Å². The Labute approximate surface area is 108 Å². The summed E-state index contributed by atoms with van der Waals surface area (Å²) in [6, 6.07) is 0. The van der Waals surface area contributed by atoms with Crippen LogP contribution in [0.1, 0.15) is 26.2 Å². The van der Waals surface area contributed by atoms with Gasteiger partial charge in [0.25, 0.3) is 0 Å². The normalized spacial score (nSPS) is 27.3. The average Bonchev–Trinajstić information content (AvgIpc) is 2.71. The van der Waals surface area contributed by atoms with Crippen LogP contribution in [0.25, 0.3) is 0 Å². The fourth-order valence-electron chi connectivity index (χ4n) is 2.30. The van der Waals surface area contributed by atoms with Gasteiger partial charge in [0.2, 0.25) is 5.91 Å². The van der Waals surface area contributed by atoms with Crippen LogP contribution in [0.15, 0.2) is 0 Å². The monoisotopic (exact) mass is 283 g/mol. The molecule has 1 aliphatic rings. The third-order valence-corrected chi connectivity index (χ3v) is 3.30. The molecule has 0 aromatic heterocycles. The summed E-state index contributed by atoms with van der Waals surface area (Å²) in [4.78, 5) is 26.7. The minimum atomic E-state index is -4.54. The van der Waals surface area contributed by atoms with Crippen molar-refractivity contribution in [2.75, 3.05) is 6.61 Å². The Morgan fingerprint density at radius 3 is 2.37 bits per heavy atom. The molecule has 0 bridgehead atoms. The quantitative estimate of drug-likeness (QED) is 0.753. The number of alkyl halides is 3. The van der Waals surface area contributed by atoms with Crippen molar-refractivity contribution in [3.05, 3.63) is 0 Å². The third-order valence-electron chi connectivity index (χ3n) is 3.30. The van der Waals surface area contributed by atoms with Crippen LogP contribution in [0, 0.1) is 17.8 Å². The molecule has 0 radical (unpaired) electrons. The first-order valence-electron chi connectivity index (χ1n) is 5.95. The molecule has 3 unspecified atom stereocenters. The van der Waals surface area contributed by atoms with Crippen LogP contribution in [0.2, 0.25) is 0 Å². The molecule has 0 spiro atoms. The lowest BCUT2D eigenvalue weighted by Gasteiger charge is -2.15. The highest BCUT2D eigenvalue weighted by molar-refractivity contribution is 5.84. The second kappa shape index (κ2) is 6.23. The van der Waals surface area contributed by atoms with E-state index in [0.29, 0.717) is 12.8 Å². The number of hydrogen-bond acceptors (Lipinski definition) is 3. The Kier molecular flexibility index (Phi) is 5.16. The van der Waals surface area contributed by atoms with Crippen molar-refractivity contribution in [1.29, 1.82) is 0 Å². The molecule has 0 aliphatic heterocycles. The summed E-state index contributed by atoms with van der Waals surface area (Å²) in [5.41, 5.74) is 1.69. The van der Waals surface area contributed by atoms with Gasteiger partial charge < -0.3 is 5.11 Å². The van der Waals surface area contributed by atoms with Gasteiger partial charge in [-0.2, -0.15) is 13.2 Å². The molecule has 0 heterocycles. The van der Waals surface area contributed by atoms with Crippen LogP contribution in [0.5, 0.6) is 0 Å². The molecule has 1 amide bonds. The minimum absolute atomic E-state index is 0.0967. The fraction of sp³-hybridized carbons (Fsp3) is 0.818. The topological polar surface area (TPSA) is 75.6 Å². The van der Waals surface area contributed by atoms with Crippen LogP contribution in [0.3, 0.4) is 0 Å². The Balaban J connectivity index is 2.52. The molecule has 1 saturated carbocycles. The standard InChI is InChI=1S/C11H16F3NO4/c1-2-6-3-7(8(4-6)10(17)18)9(16)15-19-5-11(12,13)14/h6-8H,2-5H2,1H3,(H,15,16)(H,17,18). The number of hydroxylamine groups is 1. The summed E-state index contributed by atoms with van der Waals surface area (Å²) in [7, 11) is 0. The molecule has 110 valence electrons. The van der Waals surface area contributed by atoms with Crippen LogP contribution in [-0.4, -0.2) is 29.8 Å². The second-order valence-electron chi connectivity index (χ2n) is 4.67. The lowest BCUT2D eigenvalue weighted by molar-refractivity contribution is -0.193. The molecule has 1 rings (SSSR count). The van der Waals surface area contributed by atoms with Crippen molar-refractivity contribution >= 4 is 11.9 Å². The zero-order valence-electron chi connectivity index (χ0n) is 10.4. The van der Waals surface area contributed by atoms with Gasteiger partial charge in [0.05, 0.1) is 11.8 Å². The lowest BCUT2D eigenvalue weighted by Crippen LogP contribution is -2.37. The third kappa shape index (κ3) is 4.70. The molecule has 19 heavy (non-hydrogen) atoms. The molecule has 0 aromatic carbocycles. The second-order valence-corrected chi connectivity index (χ2v) is 4.67. The van der Waals surface area contributed by atoms with E-state index in [-0.39, 0.29) is 5.92 Å². The smallest absolute Gasteiger partial charge is 0.414 e. The molecule has 0 aromatic rings. The van der Waals surface area contributed by atoms with E-state index in [2.05, 4.69) is 4.84 Å². The Hall–Kier alpha value is -1.31. The summed E-state index contributed by atoms with van der Waals surface area (Å²) < 4.78 is 35.5. The van der Waals surface area contributed by atoms with Gasteiger partial charge in [-0.1, -0.05) is 13.3 Å². The van der Waals surface area contributed by atoms with E-state index < -0.39 is 36.5 Å². The summed E-state index contributed by atoms with van der Waals surface area (Å²) in [6.07, 6.45) is -3.09. The van der Waals surface area contributed by atoms with Crippen molar-refractivity contribution in [2.24, 2.45) is 17.8 Å². The van der Waals surface area contributed by atoms with Crippen LogP contribution >= 0.6 is 0 Å². The van der Waals surface area contributed by atoms with E-state index in [9.17, 15) is 22.8 Å². The van der Waals surface area contributed by atoms with Crippen molar-refractivity contribution in [3.8, 4) is 0 Å². The number of nitrogens with one attached hydrogen (secondary N) is 1. The first kappa shape index (κ1) is 15.7. The van der Waals surface area contributed by atoms with E-state index in [1.54, 1.807) is 5.48 Å². The molecule has 2 N–H and O–H groups in total. The minimum Gasteiger partial charge on any atom is -0.481 e. The summed E-state index contributed by atoms with van der Waals surface area (Å²) in [5, 5.41) is 9.00. The van der Waals surface area contributed by atoms with Crippen molar-refractivity contribution < 1.29 is 32.7 Å². The summed E-state index contributed by atoms with van der Waals surface area (Å²) >= 11 is 0. The number of carbonyl (C=O) groups excluding carboxylic acids is 1. The molecule has 1 fully saturated rings. The van der Waals surface area contributed by atoms with Gasteiger partial charge in [0.1, 0.15) is 0 Å². The number of aliphatic carboxylic acids is 1. The predicted molar refractivity (Wildman–Crippen MR) is 57.8 cm³/mol. The average molecular weight is 283 g/mol. The lowest BCUT2D eigenvalue weighted by atomic mass is 9.96.